The van der Waals surface area contributed by atoms with Crippen LogP contribution in [0, 0.1) is 0 Å². The minimum Gasteiger partial charge on any atom is -0.481 e. The van der Waals surface area contributed by atoms with Crippen molar-refractivity contribution in [2.75, 3.05) is 0 Å². The fourth-order valence-corrected chi connectivity index (χ4v) is 2.08. The second-order valence-corrected chi connectivity index (χ2v) is 4.73. The van der Waals surface area contributed by atoms with Gasteiger partial charge >= 0.3 is 5.97 Å². The SMILES string of the molecule is C[C@@H](NCc1ccccc1CC(=O)O)c1cccnc1. The number of hydrogen-bond acceptors (Lipinski definition) is 3. The number of nitrogens with zero attached hydrogens (tertiary/aromatic N) is 1. The molecule has 0 amide bonds. The lowest BCUT2D eigenvalue weighted by atomic mass is 10.0. The number of carboxylic acid groups (broad SMARTS) is 1. The van der Waals surface area contributed by atoms with Crippen molar-refractivity contribution in [2.45, 2.75) is 25.9 Å². The fraction of sp³-hybridized carbons (Fsp3) is 0.250. The van der Waals surface area contributed by atoms with Gasteiger partial charge in [0.25, 0.3) is 0 Å². The maximum atomic E-state index is 10.9. The first-order valence-corrected chi connectivity index (χ1v) is 6.58. The molecular weight excluding hydrogens is 252 g/mol. The van der Waals surface area contributed by atoms with E-state index in [9.17, 15) is 4.79 Å². The Morgan fingerprint density at radius 3 is 2.65 bits per heavy atom. The molecule has 4 heteroatoms. The molecule has 1 atom stereocenters. The summed E-state index contributed by atoms with van der Waals surface area (Å²) in [5.41, 5.74) is 2.99. The summed E-state index contributed by atoms with van der Waals surface area (Å²) in [5.74, 6) is -0.808. The van der Waals surface area contributed by atoms with E-state index in [1.54, 1.807) is 6.20 Å². The van der Waals surface area contributed by atoms with Crippen molar-refractivity contribution in [3.63, 3.8) is 0 Å². The lowest BCUT2D eigenvalue weighted by Gasteiger charge is -2.15. The highest BCUT2D eigenvalue weighted by Gasteiger charge is 2.08. The monoisotopic (exact) mass is 270 g/mol. The molecule has 1 heterocycles. The van der Waals surface area contributed by atoms with Crippen molar-refractivity contribution >= 4 is 5.97 Å². The molecule has 1 aromatic heterocycles. The van der Waals surface area contributed by atoms with Gasteiger partial charge in [-0.2, -0.15) is 0 Å². The number of hydrogen-bond donors (Lipinski definition) is 2. The summed E-state index contributed by atoms with van der Waals surface area (Å²) in [7, 11) is 0. The molecule has 0 aliphatic heterocycles. The van der Waals surface area contributed by atoms with E-state index in [4.69, 9.17) is 5.11 Å². The third kappa shape index (κ3) is 3.90. The maximum Gasteiger partial charge on any atom is 0.307 e. The van der Waals surface area contributed by atoms with Gasteiger partial charge in [-0.25, -0.2) is 0 Å². The number of nitrogens with one attached hydrogen (secondary N) is 1. The second-order valence-electron chi connectivity index (χ2n) is 4.73. The van der Waals surface area contributed by atoms with Gasteiger partial charge in [-0.1, -0.05) is 30.3 Å². The summed E-state index contributed by atoms with van der Waals surface area (Å²) in [5, 5.41) is 12.3. The molecule has 0 aliphatic carbocycles. The quantitative estimate of drug-likeness (QED) is 0.847. The number of pyridine rings is 1. The van der Waals surface area contributed by atoms with Crippen molar-refractivity contribution in [1.82, 2.24) is 10.3 Å². The zero-order chi connectivity index (χ0) is 14.4. The molecule has 104 valence electrons. The van der Waals surface area contributed by atoms with E-state index in [1.165, 1.54) is 0 Å². The maximum absolute atomic E-state index is 10.9. The lowest BCUT2D eigenvalue weighted by molar-refractivity contribution is -0.136. The minimum absolute atomic E-state index is 0.0547. The van der Waals surface area contributed by atoms with Crippen molar-refractivity contribution < 1.29 is 9.90 Å². The average Bonchev–Trinajstić information content (AvgIpc) is 2.46. The Kier molecular flexibility index (Phi) is 4.85. The van der Waals surface area contributed by atoms with Crippen molar-refractivity contribution in [3.05, 3.63) is 65.5 Å². The van der Waals surface area contributed by atoms with Gasteiger partial charge in [0.2, 0.25) is 0 Å². The van der Waals surface area contributed by atoms with Gasteiger partial charge in [0, 0.05) is 25.0 Å². The largest absolute Gasteiger partial charge is 0.481 e. The van der Waals surface area contributed by atoms with E-state index in [0.29, 0.717) is 6.54 Å². The first-order valence-electron chi connectivity index (χ1n) is 6.58. The van der Waals surface area contributed by atoms with E-state index in [-0.39, 0.29) is 12.5 Å². The summed E-state index contributed by atoms with van der Waals surface area (Å²) in [6.45, 7) is 2.70. The Bertz CT molecular complexity index is 570. The van der Waals surface area contributed by atoms with Crippen LogP contribution in [0.4, 0.5) is 0 Å². The summed E-state index contributed by atoms with van der Waals surface area (Å²) in [6, 6.07) is 11.7. The van der Waals surface area contributed by atoms with Gasteiger partial charge < -0.3 is 10.4 Å². The topological polar surface area (TPSA) is 62.2 Å². The van der Waals surface area contributed by atoms with Crippen molar-refractivity contribution in [1.29, 1.82) is 0 Å². The van der Waals surface area contributed by atoms with E-state index in [0.717, 1.165) is 16.7 Å². The number of carbonyl (C=O) groups is 1. The predicted octanol–water partition coefficient (Wildman–Crippen LogP) is 2.56. The first kappa shape index (κ1) is 14.2. The number of rotatable bonds is 6. The van der Waals surface area contributed by atoms with Crippen LogP contribution in [0.1, 0.15) is 29.7 Å². The second kappa shape index (κ2) is 6.82. The number of carboxylic acids is 1. The Morgan fingerprint density at radius 1 is 1.25 bits per heavy atom. The molecule has 4 nitrogen and oxygen atoms in total. The predicted molar refractivity (Wildman–Crippen MR) is 77.3 cm³/mol. The third-order valence-corrected chi connectivity index (χ3v) is 3.24. The van der Waals surface area contributed by atoms with Crippen LogP contribution in [0.15, 0.2) is 48.8 Å². The number of aliphatic carboxylic acids is 1. The summed E-state index contributed by atoms with van der Waals surface area (Å²) >= 11 is 0. The molecule has 0 radical (unpaired) electrons. The van der Waals surface area contributed by atoms with E-state index in [2.05, 4.69) is 17.2 Å². The van der Waals surface area contributed by atoms with Crippen LogP contribution < -0.4 is 5.32 Å². The highest BCUT2D eigenvalue weighted by molar-refractivity contribution is 5.70. The van der Waals surface area contributed by atoms with Crippen molar-refractivity contribution in [2.24, 2.45) is 0 Å². The zero-order valence-corrected chi connectivity index (χ0v) is 11.4. The molecule has 20 heavy (non-hydrogen) atoms. The van der Waals surface area contributed by atoms with Crippen LogP contribution in [0.25, 0.3) is 0 Å². The van der Waals surface area contributed by atoms with Crippen LogP contribution in [-0.4, -0.2) is 16.1 Å². The molecule has 1 aromatic carbocycles. The van der Waals surface area contributed by atoms with Gasteiger partial charge in [0.1, 0.15) is 0 Å². The molecule has 2 aromatic rings. The highest BCUT2D eigenvalue weighted by atomic mass is 16.4. The van der Waals surface area contributed by atoms with E-state index >= 15 is 0 Å². The molecular formula is C16H18N2O2. The molecule has 0 unspecified atom stereocenters. The van der Waals surface area contributed by atoms with Crippen LogP contribution in [0.3, 0.4) is 0 Å². The third-order valence-electron chi connectivity index (χ3n) is 3.24. The Labute approximate surface area is 118 Å². The molecule has 0 fully saturated rings. The summed E-state index contributed by atoms with van der Waals surface area (Å²) < 4.78 is 0. The molecule has 0 aliphatic rings. The van der Waals surface area contributed by atoms with Crippen molar-refractivity contribution in [3.8, 4) is 0 Å². The van der Waals surface area contributed by atoms with Crippen LogP contribution in [0.5, 0.6) is 0 Å². The molecule has 0 saturated heterocycles. The zero-order valence-electron chi connectivity index (χ0n) is 11.4. The Balaban J connectivity index is 2.02. The van der Waals surface area contributed by atoms with Gasteiger partial charge in [-0.3, -0.25) is 9.78 Å². The number of aromatic nitrogens is 1. The standard InChI is InChI=1S/C16H18N2O2/c1-12(14-7-4-8-17-10-14)18-11-15-6-3-2-5-13(15)9-16(19)20/h2-8,10,12,18H,9,11H2,1H3,(H,19,20)/t12-/m1/s1. The Morgan fingerprint density at radius 2 is 2.00 bits per heavy atom. The minimum atomic E-state index is -0.808. The van der Waals surface area contributed by atoms with Gasteiger partial charge in [0.05, 0.1) is 6.42 Å². The Hall–Kier alpha value is -2.20. The van der Waals surface area contributed by atoms with Gasteiger partial charge in [-0.15, -0.1) is 0 Å². The average molecular weight is 270 g/mol. The van der Waals surface area contributed by atoms with Crippen LogP contribution >= 0.6 is 0 Å². The van der Waals surface area contributed by atoms with E-state index < -0.39 is 5.97 Å². The summed E-state index contributed by atoms with van der Waals surface area (Å²) in [6.07, 6.45) is 3.64. The summed E-state index contributed by atoms with van der Waals surface area (Å²) in [4.78, 5) is 15.0. The van der Waals surface area contributed by atoms with Crippen LogP contribution in [0.2, 0.25) is 0 Å². The molecule has 0 spiro atoms. The molecule has 0 saturated carbocycles. The lowest BCUT2D eigenvalue weighted by Crippen LogP contribution is -2.19. The smallest absolute Gasteiger partial charge is 0.307 e. The van der Waals surface area contributed by atoms with Crippen LogP contribution in [-0.2, 0) is 17.8 Å². The molecule has 0 bridgehead atoms. The van der Waals surface area contributed by atoms with Gasteiger partial charge in [-0.05, 0) is 29.7 Å². The highest BCUT2D eigenvalue weighted by Crippen LogP contribution is 2.14. The normalized spacial score (nSPS) is 12.1. The number of benzene rings is 1. The molecule has 2 rings (SSSR count). The van der Waals surface area contributed by atoms with E-state index in [1.807, 2.05) is 42.6 Å². The fourth-order valence-electron chi connectivity index (χ4n) is 2.08. The first-order chi connectivity index (χ1) is 9.66. The van der Waals surface area contributed by atoms with Gasteiger partial charge in [0.15, 0.2) is 0 Å². The molecule has 2 N–H and O–H groups in total.